The van der Waals surface area contributed by atoms with E-state index in [1.807, 2.05) is 19.2 Å². The third-order valence-corrected chi connectivity index (χ3v) is 3.56. The van der Waals surface area contributed by atoms with Crippen molar-refractivity contribution in [3.63, 3.8) is 0 Å². The molecule has 102 valence electrons. The van der Waals surface area contributed by atoms with Crippen molar-refractivity contribution in [3.8, 4) is 0 Å². The SMILES string of the molecule is C[C@@H](Cn1cccn1)n1cnc2cccc(Cl)c2c1=O. The maximum Gasteiger partial charge on any atom is 0.263 e. The van der Waals surface area contributed by atoms with Crippen molar-refractivity contribution in [2.75, 3.05) is 0 Å². The first kappa shape index (κ1) is 12.9. The smallest absolute Gasteiger partial charge is 0.263 e. The standard InChI is InChI=1S/C14H13ClN4O/c1-10(8-18-7-3-6-17-18)19-9-16-12-5-2-4-11(15)13(12)14(19)20/h2-7,9-10H,8H2,1H3/t10-/m0/s1. The first-order valence-corrected chi connectivity index (χ1v) is 6.67. The lowest BCUT2D eigenvalue weighted by atomic mass is 10.2. The van der Waals surface area contributed by atoms with Crippen LogP contribution in [0.15, 0.2) is 47.8 Å². The van der Waals surface area contributed by atoms with Crippen LogP contribution in [0.4, 0.5) is 0 Å². The Morgan fingerprint density at radius 2 is 2.20 bits per heavy atom. The highest BCUT2D eigenvalue weighted by Gasteiger charge is 2.12. The van der Waals surface area contributed by atoms with Gasteiger partial charge in [-0.1, -0.05) is 17.7 Å². The van der Waals surface area contributed by atoms with Gasteiger partial charge >= 0.3 is 0 Å². The van der Waals surface area contributed by atoms with E-state index in [1.165, 1.54) is 0 Å². The maximum absolute atomic E-state index is 12.5. The van der Waals surface area contributed by atoms with Gasteiger partial charge in [0.1, 0.15) is 0 Å². The summed E-state index contributed by atoms with van der Waals surface area (Å²) in [6.45, 7) is 2.55. The second-order valence-electron chi connectivity index (χ2n) is 4.67. The first-order chi connectivity index (χ1) is 9.66. The van der Waals surface area contributed by atoms with E-state index >= 15 is 0 Å². The van der Waals surface area contributed by atoms with Gasteiger partial charge in [0.05, 0.1) is 34.8 Å². The molecular formula is C14H13ClN4O. The normalized spacial score (nSPS) is 12.7. The van der Waals surface area contributed by atoms with Crippen LogP contribution in [0.3, 0.4) is 0 Å². The van der Waals surface area contributed by atoms with Crippen molar-refractivity contribution < 1.29 is 0 Å². The monoisotopic (exact) mass is 288 g/mol. The van der Waals surface area contributed by atoms with Crippen LogP contribution in [0.25, 0.3) is 10.9 Å². The van der Waals surface area contributed by atoms with Gasteiger partial charge in [-0.2, -0.15) is 5.10 Å². The van der Waals surface area contributed by atoms with Crippen molar-refractivity contribution in [3.05, 3.63) is 58.4 Å². The summed E-state index contributed by atoms with van der Waals surface area (Å²) in [6.07, 6.45) is 5.14. The lowest BCUT2D eigenvalue weighted by Gasteiger charge is -2.15. The Labute approximate surface area is 120 Å². The minimum atomic E-state index is -0.125. The van der Waals surface area contributed by atoms with E-state index < -0.39 is 0 Å². The van der Waals surface area contributed by atoms with Gasteiger partial charge in [-0.3, -0.25) is 14.0 Å². The van der Waals surface area contributed by atoms with Gasteiger partial charge in [0.2, 0.25) is 0 Å². The number of benzene rings is 1. The summed E-state index contributed by atoms with van der Waals surface area (Å²) in [5, 5.41) is 5.04. The lowest BCUT2D eigenvalue weighted by molar-refractivity contribution is 0.426. The number of hydrogen-bond donors (Lipinski definition) is 0. The zero-order valence-corrected chi connectivity index (χ0v) is 11.7. The molecule has 2 heterocycles. The van der Waals surface area contributed by atoms with Crippen LogP contribution in [0, 0.1) is 0 Å². The summed E-state index contributed by atoms with van der Waals surface area (Å²) >= 11 is 6.11. The quantitative estimate of drug-likeness (QED) is 0.744. The van der Waals surface area contributed by atoms with Crippen molar-refractivity contribution in [2.24, 2.45) is 0 Å². The van der Waals surface area contributed by atoms with E-state index in [9.17, 15) is 4.79 Å². The summed E-state index contributed by atoms with van der Waals surface area (Å²) < 4.78 is 3.38. The van der Waals surface area contributed by atoms with Gasteiger partial charge in [-0.15, -0.1) is 0 Å². The molecule has 0 N–H and O–H groups in total. The molecule has 0 aliphatic rings. The summed E-state index contributed by atoms with van der Waals surface area (Å²) in [6, 6.07) is 7.07. The molecule has 0 aliphatic carbocycles. The average Bonchev–Trinajstić information content (AvgIpc) is 2.91. The predicted octanol–water partition coefficient (Wildman–Crippen LogP) is 2.51. The molecule has 2 aromatic heterocycles. The molecule has 5 nitrogen and oxygen atoms in total. The van der Waals surface area contributed by atoms with Crippen LogP contribution in [-0.4, -0.2) is 19.3 Å². The Balaban J connectivity index is 2.06. The van der Waals surface area contributed by atoms with Crippen LogP contribution in [0.2, 0.25) is 5.02 Å². The molecule has 0 spiro atoms. The second-order valence-corrected chi connectivity index (χ2v) is 5.08. The van der Waals surface area contributed by atoms with Crippen LogP contribution >= 0.6 is 11.6 Å². The zero-order chi connectivity index (χ0) is 14.1. The predicted molar refractivity (Wildman–Crippen MR) is 78.0 cm³/mol. The summed E-state index contributed by atoms with van der Waals surface area (Å²) in [4.78, 5) is 16.8. The molecule has 1 aromatic carbocycles. The number of aromatic nitrogens is 4. The fourth-order valence-corrected chi connectivity index (χ4v) is 2.47. The van der Waals surface area contributed by atoms with Gasteiger partial charge < -0.3 is 0 Å². The van der Waals surface area contributed by atoms with Gasteiger partial charge in [0.25, 0.3) is 5.56 Å². The number of rotatable bonds is 3. The fourth-order valence-electron chi connectivity index (χ4n) is 2.22. The molecule has 0 amide bonds. The number of halogens is 1. The van der Waals surface area contributed by atoms with Crippen LogP contribution in [-0.2, 0) is 6.54 Å². The molecule has 0 saturated heterocycles. The Morgan fingerprint density at radius 3 is 2.95 bits per heavy atom. The molecule has 3 rings (SSSR count). The highest BCUT2D eigenvalue weighted by Crippen LogP contribution is 2.18. The molecule has 0 radical (unpaired) electrons. The molecule has 0 fully saturated rings. The third kappa shape index (κ3) is 2.20. The molecule has 0 aliphatic heterocycles. The van der Waals surface area contributed by atoms with Crippen LogP contribution in [0.5, 0.6) is 0 Å². The Kier molecular flexibility index (Phi) is 3.28. The Hall–Kier alpha value is -2.14. The van der Waals surface area contributed by atoms with E-state index in [1.54, 1.807) is 40.0 Å². The Morgan fingerprint density at radius 1 is 1.35 bits per heavy atom. The van der Waals surface area contributed by atoms with E-state index in [0.29, 0.717) is 22.5 Å². The van der Waals surface area contributed by atoms with Crippen molar-refractivity contribution in [1.82, 2.24) is 19.3 Å². The second kappa shape index (κ2) is 5.09. The van der Waals surface area contributed by atoms with E-state index in [-0.39, 0.29) is 11.6 Å². The van der Waals surface area contributed by atoms with Gasteiger partial charge in [-0.05, 0) is 25.1 Å². The first-order valence-electron chi connectivity index (χ1n) is 6.29. The van der Waals surface area contributed by atoms with Crippen LogP contribution in [0.1, 0.15) is 13.0 Å². The Bertz CT molecular complexity index is 795. The number of hydrogen-bond acceptors (Lipinski definition) is 3. The molecule has 3 aromatic rings. The lowest BCUT2D eigenvalue weighted by Crippen LogP contribution is -2.26. The number of fused-ring (bicyclic) bond motifs is 1. The van der Waals surface area contributed by atoms with Crippen molar-refractivity contribution in [2.45, 2.75) is 19.5 Å². The topological polar surface area (TPSA) is 52.7 Å². The highest BCUT2D eigenvalue weighted by atomic mass is 35.5. The van der Waals surface area contributed by atoms with Crippen molar-refractivity contribution in [1.29, 1.82) is 0 Å². The average molecular weight is 289 g/mol. The maximum atomic E-state index is 12.5. The minimum Gasteiger partial charge on any atom is -0.294 e. The minimum absolute atomic E-state index is 0.0597. The molecule has 0 unspecified atom stereocenters. The summed E-state index contributed by atoms with van der Waals surface area (Å²) in [5.41, 5.74) is 0.491. The summed E-state index contributed by atoms with van der Waals surface area (Å²) in [5.74, 6) is 0. The van der Waals surface area contributed by atoms with Crippen molar-refractivity contribution >= 4 is 22.5 Å². The molecule has 0 bridgehead atoms. The van der Waals surface area contributed by atoms with Crippen LogP contribution < -0.4 is 5.56 Å². The van der Waals surface area contributed by atoms with E-state index in [4.69, 9.17) is 11.6 Å². The van der Waals surface area contributed by atoms with E-state index in [2.05, 4.69) is 10.1 Å². The van der Waals surface area contributed by atoms with Gasteiger partial charge in [0.15, 0.2) is 0 Å². The van der Waals surface area contributed by atoms with Gasteiger partial charge in [0, 0.05) is 12.4 Å². The van der Waals surface area contributed by atoms with E-state index in [0.717, 1.165) is 0 Å². The fraction of sp³-hybridized carbons (Fsp3) is 0.214. The highest BCUT2D eigenvalue weighted by molar-refractivity contribution is 6.35. The van der Waals surface area contributed by atoms with Gasteiger partial charge in [-0.25, -0.2) is 4.98 Å². The summed E-state index contributed by atoms with van der Waals surface area (Å²) in [7, 11) is 0. The molecule has 20 heavy (non-hydrogen) atoms. The zero-order valence-electron chi connectivity index (χ0n) is 10.9. The molecule has 1 atom stereocenters. The molecule has 0 saturated carbocycles. The third-order valence-electron chi connectivity index (χ3n) is 3.25. The number of nitrogens with zero attached hydrogens (tertiary/aromatic N) is 4. The molecular weight excluding hydrogens is 276 g/mol. The largest absolute Gasteiger partial charge is 0.294 e. The molecule has 6 heteroatoms.